The van der Waals surface area contributed by atoms with Crippen LogP contribution in [0, 0.1) is 10.1 Å². The first kappa shape index (κ1) is 15.5. The summed E-state index contributed by atoms with van der Waals surface area (Å²) in [6.07, 6.45) is 1.03. The number of carboxylic acid groups (broad SMARTS) is 1. The molecule has 0 radical (unpaired) electrons. The molecule has 118 valence electrons. The Labute approximate surface area is 125 Å². The largest absolute Gasteiger partial charge is 0.490 e. The van der Waals surface area contributed by atoms with Crippen LogP contribution in [0.15, 0.2) is 18.3 Å². The topological polar surface area (TPSA) is 120 Å². The van der Waals surface area contributed by atoms with Gasteiger partial charge in [-0.1, -0.05) is 0 Å². The van der Waals surface area contributed by atoms with Crippen molar-refractivity contribution in [1.82, 2.24) is 15.1 Å². The van der Waals surface area contributed by atoms with E-state index in [4.69, 9.17) is 9.84 Å². The van der Waals surface area contributed by atoms with Crippen LogP contribution in [0.1, 0.15) is 13.3 Å². The van der Waals surface area contributed by atoms with Gasteiger partial charge in [-0.05, 0) is 19.4 Å². The van der Waals surface area contributed by atoms with Gasteiger partial charge in [-0.25, -0.2) is 4.79 Å². The summed E-state index contributed by atoms with van der Waals surface area (Å²) in [5.74, 6) is 0.179. The van der Waals surface area contributed by atoms with Gasteiger partial charge < -0.3 is 15.2 Å². The highest BCUT2D eigenvalue weighted by Crippen LogP contribution is 2.31. The fourth-order valence-corrected chi connectivity index (χ4v) is 2.18. The number of nitrogens with one attached hydrogen (secondary N) is 1. The van der Waals surface area contributed by atoms with Gasteiger partial charge in [0.25, 0.3) is 0 Å². The summed E-state index contributed by atoms with van der Waals surface area (Å²) in [6.45, 7) is 2.18. The van der Waals surface area contributed by atoms with Gasteiger partial charge in [-0.15, -0.1) is 0 Å². The first-order valence-electron chi connectivity index (χ1n) is 6.59. The van der Waals surface area contributed by atoms with Crippen molar-refractivity contribution in [2.24, 2.45) is 0 Å². The van der Waals surface area contributed by atoms with Gasteiger partial charge in [0, 0.05) is 24.0 Å². The van der Waals surface area contributed by atoms with Crippen molar-refractivity contribution < 1.29 is 19.6 Å². The third-order valence-corrected chi connectivity index (χ3v) is 3.28. The van der Waals surface area contributed by atoms with E-state index in [1.54, 1.807) is 23.9 Å². The standard InChI is InChI=1S/C13H16N4O5/c1-8(15-13(18)19)3-4-16-10-6-11(17(20)21)12(22-2)5-9(10)7-14-16/h5-8,15H,3-4H2,1-2H3,(H,18,19). The number of nitro groups is 1. The number of hydrogen-bond acceptors (Lipinski definition) is 5. The summed E-state index contributed by atoms with van der Waals surface area (Å²) in [4.78, 5) is 21.1. The molecule has 0 saturated heterocycles. The molecule has 0 aliphatic rings. The van der Waals surface area contributed by atoms with Gasteiger partial charge in [0.1, 0.15) is 0 Å². The maximum Gasteiger partial charge on any atom is 0.404 e. The molecule has 1 heterocycles. The quantitative estimate of drug-likeness (QED) is 0.622. The fourth-order valence-electron chi connectivity index (χ4n) is 2.18. The van der Waals surface area contributed by atoms with E-state index in [9.17, 15) is 14.9 Å². The highest BCUT2D eigenvalue weighted by Gasteiger charge is 2.18. The van der Waals surface area contributed by atoms with E-state index < -0.39 is 11.0 Å². The van der Waals surface area contributed by atoms with Gasteiger partial charge >= 0.3 is 11.8 Å². The van der Waals surface area contributed by atoms with E-state index in [0.717, 1.165) is 5.39 Å². The van der Waals surface area contributed by atoms with Crippen LogP contribution >= 0.6 is 0 Å². The van der Waals surface area contributed by atoms with E-state index in [1.807, 2.05) is 0 Å². The Morgan fingerprint density at radius 2 is 2.32 bits per heavy atom. The number of carbonyl (C=O) groups is 1. The first-order chi connectivity index (χ1) is 10.4. The van der Waals surface area contributed by atoms with Crippen LogP contribution in [-0.4, -0.2) is 39.1 Å². The highest BCUT2D eigenvalue weighted by atomic mass is 16.6. The SMILES string of the molecule is COc1cc2cnn(CCC(C)NC(=O)O)c2cc1[N+](=O)[O-]. The maximum atomic E-state index is 11.1. The molecule has 0 aliphatic carbocycles. The van der Waals surface area contributed by atoms with E-state index in [-0.39, 0.29) is 17.5 Å². The Morgan fingerprint density at radius 3 is 2.91 bits per heavy atom. The van der Waals surface area contributed by atoms with Crippen molar-refractivity contribution in [3.05, 3.63) is 28.4 Å². The van der Waals surface area contributed by atoms with Crippen LogP contribution in [-0.2, 0) is 6.54 Å². The van der Waals surface area contributed by atoms with Gasteiger partial charge in [0.2, 0.25) is 0 Å². The molecule has 1 aromatic heterocycles. The molecule has 2 N–H and O–H groups in total. The lowest BCUT2D eigenvalue weighted by Gasteiger charge is -2.11. The van der Waals surface area contributed by atoms with E-state index in [0.29, 0.717) is 18.5 Å². The predicted molar refractivity (Wildman–Crippen MR) is 78.2 cm³/mol. The van der Waals surface area contributed by atoms with Gasteiger partial charge in [0.05, 0.1) is 23.7 Å². The molecule has 1 unspecified atom stereocenters. The van der Waals surface area contributed by atoms with Crippen LogP contribution in [0.3, 0.4) is 0 Å². The van der Waals surface area contributed by atoms with E-state index >= 15 is 0 Å². The van der Waals surface area contributed by atoms with Crippen molar-refractivity contribution >= 4 is 22.7 Å². The molecule has 0 bridgehead atoms. The number of rotatable bonds is 6. The zero-order valence-corrected chi connectivity index (χ0v) is 12.1. The van der Waals surface area contributed by atoms with Crippen LogP contribution in [0.2, 0.25) is 0 Å². The Kier molecular flexibility index (Phi) is 4.44. The second-order valence-corrected chi connectivity index (χ2v) is 4.85. The van der Waals surface area contributed by atoms with E-state index in [2.05, 4.69) is 10.4 Å². The smallest absolute Gasteiger partial charge is 0.404 e. The molecule has 0 saturated carbocycles. The number of aromatic nitrogens is 2. The number of hydrogen-bond donors (Lipinski definition) is 2. The highest BCUT2D eigenvalue weighted by molar-refractivity contribution is 5.84. The maximum absolute atomic E-state index is 11.1. The monoisotopic (exact) mass is 308 g/mol. The Morgan fingerprint density at radius 1 is 1.59 bits per heavy atom. The summed E-state index contributed by atoms with van der Waals surface area (Å²) >= 11 is 0. The summed E-state index contributed by atoms with van der Waals surface area (Å²) in [5, 5.41) is 27.0. The lowest BCUT2D eigenvalue weighted by molar-refractivity contribution is -0.385. The number of ether oxygens (including phenoxy) is 1. The molecule has 0 spiro atoms. The summed E-state index contributed by atoms with van der Waals surface area (Å²) in [5.41, 5.74) is 0.475. The van der Waals surface area contributed by atoms with Gasteiger partial charge in [0.15, 0.2) is 5.75 Å². The molecule has 1 atom stereocenters. The third-order valence-electron chi connectivity index (χ3n) is 3.28. The molecule has 9 nitrogen and oxygen atoms in total. The van der Waals surface area contributed by atoms with Crippen molar-refractivity contribution in [3.63, 3.8) is 0 Å². The average Bonchev–Trinajstić information content (AvgIpc) is 2.85. The average molecular weight is 308 g/mol. The molecule has 9 heteroatoms. The van der Waals surface area contributed by atoms with Gasteiger partial charge in [-0.3, -0.25) is 14.8 Å². The van der Waals surface area contributed by atoms with Crippen LogP contribution in [0.25, 0.3) is 10.9 Å². The number of benzene rings is 1. The van der Waals surface area contributed by atoms with Crippen LogP contribution in [0.5, 0.6) is 5.75 Å². The van der Waals surface area contributed by atoms with Crippen molar-refractivity contribution in [3.8, 4) is 5.75 Å². The normalized spacial score (nSPS) is 12.1. The molecular formula is C13H16N4O5. The van der Waals surface area contributed by atoms with Crippen molar-refractivity contribution in [1.29, 1.82) is 0 Å². The summed E-state index contributed by atoms with van der Waals surface area (Å²) < 4.78 is 6.62. The Hall–Kier alpha value is -2.84. The zero-order chi connectivity index (χ0) is 16.3. The summed E-state index contributed by atoms with van der Waals surface area (Å²) in [7, 11) is 1.37. The van der Waals surface area contributed by atoms with Crippen LogP contribution in [0.4, 0.5) is 10.5 Å². The minimum atomic E-state index is -1.09. The fraction of sp³-hybridized carbons (Fsp3) is 0.385. The molecule has 22 heavy (non-hydrogen) atoms. The van der Waals surface area contributed by atoms with Crippen LogP contribution < -0.4 is 10.1 Å². The van der Waals surface area contributed by atoms with Gasteiger partial charge in [-0.2, -0.15) is 5.10 Å². The molecule has 2 aromatic rings. The Bertz CT molecular complexity index is 712. The molecular weight excluding hydrogens is 292 g/mol. The van der Waals surface area contributed by atoms with Crippen molar-refractivity contribution in [2.45, 2.75) is 25.9 Å². The first-order valence-corrected chi connectivity index (χ1v) is 6.59. The number of nitrogens with zero attached hydrogens (tertiary/aromatic N) is 3. The lowest BCUT2D eigenvalue weighted by atomic mass is 10.2. The molecule has 0 aliphatic heterocycles. The number of nitro benzene ring substituents is 1. The third kappa shape index (κ3) is 3.25. The number of methoxy groups -OCH3 is 1. The number of aryl methyl sites for hydroxylation is 1. The van der Waals surface area contributed by atoms with E-state index in [1.165, 1.54) is 13.2 Å². The second-order valence-electron chi connectivity index (χ2n) is 4.85. The lowest BCUT2D eigenvalue weighted by Crippen LogP contribution is -2.31. The molecule has 0 fully saturated rings. The molecule has 2 rings (SSSR count). The minimum Gasteiger partial charge on any atom is -0.490 e. The number of amides is 1. The summed E-state index contributed by atoms with van der Waals surface area (Å²) in [6, 6.07) is 2.73. The zero-order valence-electron chi connectivity index (χ0n) is 12.1. The van der Waals surface area contributed by atoms with Crippen molar-refractivity contribution in [2.75, 3.05) is 7.11 Å². The minimum absolute atomic E-state index is 0.131. The molecule has 1 amide bonds. The molecule has 1 aromatic carbocycles. The Balaban J connectivity index is 2.26. The number of fused-ring (bicyclic) bond motifs is 1. The predicted octanol–water partition coefficient (Wildman–Crippen LogP) is 2.00. The second kappa shape index (κ2) is 6.29.